The zero-order chi connectivity index (χ0) is 28.7. The lowest BCUT2D eigenvalue weighted by molar-refractivity contribution is -0.139. The lowest BCUT2D eigenvalue weighted by Crippen LogP contribution is -2.52. The summed E-state index contributed by atoms with van der Waals surface area (Å²) in [5, 5.41) is 2.86. The predicted molar refractivity (Wildman–Crippen MR) is 151 cm³/mol. The molecule has 0 saturated carbocycles. The van der Waals surface area contributed by atoms with Gasteiger partial charge in [-0.05, 0) is 63.9 Å². The van der Waals surface area contributed by atoms with Crippen molar-refractivity contribution in [1.82, 2.24) is 10.2 Å². The van der Waals surface area contributed by atoms with Crippen LogP contribution in [0.4, 0.5) is 10.1 Å². The lowest BCUT2D eigenvalue weighted by Gasteiger charge is -2.33. The van der Waals surface area contributed by atoms with Crippen LogP contribution in [0.15, 0.2) is 77.7 Å². The fourth-order valence-electron chi connectivity index (χ4n) is 4.18. The highest BCUT2D eigenvalue weighted by Gasteiger charge is 2.33. The van der Waals surface area contributed by atoms with E-state index in [9.17, 15) is 22.4 Å². The van der Waals surface area contributed by atoms with Crippen LogP contribution < -0.4 is 9.62 Å². The van der Waals surface area contributed by atoms with E-state index in [0.717, 1.165) is 9.87 Å². The number of nitrogens with one attached hydrogen (secondary N) is 1. The average Bonchev–Trinajstić information content (AvgIpc) is 2.91. The quantitative estimate of drug-likeness (QED) is 0.363. The molecule has 3 aromatic carbocycles. The number of carbonyl (C=O) groups is 2. The van der Waals surface area contributed by atoms with Crippen molar-refractivity contribution in [2.24, 2.45) is 0 Å². The normalized spacial score (nSPS) is 12.9. The third-order valence-electron chi connectivity index (χ3n) is 6.70. The van der Waals surface area contributed by atoms with Crippen LogP contribution in [0.5, 0.6) is 0 Å². The van der Waals surface area contributed by atoms with E-state index in [1.165, 1.54) is 29.2 Å². The molecule has 3 aromatic rings. The number of amides is 2. The van der Waals surface area contributed by atoms with Gasteiger partial charge in [0.15, 0.2) is 0 Å². The van der Waals surface area contributed by atoms with Crippen LogP contribution in [0.25, 0.3) is 0 Å². The average molecular weight is 554 g/mol. The van der Waals surface area contributed by atoms with Gasteiger partial charge in [0.1, 0.15) is 18.4 Å². The van der Waals surface area contributed by atoms with Crippen LogP contribution in [0.2, 0.25) is 0 Å². The van der Waals surface area contributed by atoms with E-state index in [2.05, 4.69) is 5.32 Å². The molecule has 7 nitrogen and oxygen atoms in total. The van der Waals surface area contributed by atoms with E-state index < -0.39 is 40.2 Å². The first-order valence-electron chi connectivity index (χ1n) is 12.9. The minimum absolute atomic E-state index is 0.0287. The monoisotopic (exact) mass is 553 g/mol. The summed E-state index contributed by atoms with van der Waals surface area (Å²) in [6.45, 7) is 8.23. The summed E-state index contributed by atoms with van der Waals surface area (Å²) in [6.07, 6.45) is 0.690. The van der Waals surface area contributed by atoms with Crippen LogP contribution in [0.1, 0.15) is 43.9 Å². The highest BCUT2D eigenvalue weighted by atomic mass is 32.2. The van der Waals surface area contributed by atoms with Gasteiger partial charge in [0.05, 0.1) is 10.6 Å². The van der Waals surface area contributed by atoms with Crippen molar-refractivity contribution >= 4 is 27.5 Å². The third kappa shape index (κ3) is 7.23. The molecule has 9 heteroatoms. The molecule has 1 N–H and O–H groups in total. The van der Waals surface area contributed by atoms with Crippen molar-refractivity contribution in [2.75, 3.05) is 10.8 Å². The fraction of sp³-hybridized carbons (Fsp3) is 0.333. The number of sulfonamides is 1. The van der Waals surface area contributed by atoms with Gasteiger partial charge >= 0.3 is 0 Å². The standard InChI is InChI=1S/C30H36FN3O4S/c1-6-23(4)32-30(36)24(5)33(19-25-12-10-11-15-27(25)31)29(35)20-34(28-17-16-21(2)18-22(28)3)39(37,38)26-13-8-7-9-14-26/h7-18,23-24H,6,19-20H2,1-5H3,(H,32,36)/t23-,24+/m1/s1. The Balaban J connectivity index is 2.06. The molecule has 0 fully saturated rings. The molecule has 0 aliphatic rings. The maximum Gasteiger partial charge on any atom is 0.264 e. The summed E-state index contributed by atoms with van der Waals surface area (Å²) in [7, 11) is -4.16. The lowest BCUT2D eigenvalue weighted by atomic mass is 10.1. The number of hydrogen-bond donors (Lipinski definition) is 1. The van der Waals surface area contributed by atoms with Crippen LogP contribution in [-0.2, 0) is 26.2 Å². The molecule has 2 amide bonds. The van der Waals surface area contributed by atoms with Crippen LogP contribution >= 0.6 is 0 Å². The highest BCUT2D eigenvalue weighted by Crippen LogP contribution is 2.28. The predicted octanol–water partition coefficient (Wildman–Crippen LogP) is 4.97. The molecule has 0 aromatic heterocycles. The Hall–Kier alpha value is -3.72. The van der Waals surface area contributed by atoms with Crippen molar-refractivity contribution in [3.8, 4) is 0 Å². The zero-order valence-electron chi connectivity index (χ0n) is 23.0. The molecule has 0 aliphatic heterocycles. The van der Waals surface area contributed by atoms with E-state index in [-0.39, 0.29) is 23.0 Å². The number of carbonyl (C=O) groups excluding carboxylic acids is 2. The van der Waals surface area contributed by atoms with Crippen molar-refractivity contribution < 1.29 is 22.4 Å². The molecular weight excluding hydrogens is 517 g/mol. The van der Waals surface area contributed by atoms with E-state index >= 15 is 0 Å². The first-order valence-corrected chi connectivity index (χ1v) is 14.4. The van der Waals surface area contributed by atoms with Gasteiger partial charge in [0.2, 0.25) is 11.8 Å². The second-order valence-electron chi connectivity index (χ2n) is 9.72. The Kier molecular flexibility index (Phi) is 9.86. The van der Waals surface area contributed by atoms with Gasteiger partial charge in [-0.15, -0.1) is 0 Å². The van der Waals surface area contributed by atoms with Gasteiger partial charge in [-0.2, -0.15) is 0 Å². The number of halogens is 1. The summed E-state index contributed by atoms with van der Waals surface area (Å²) in [6, 6.07) is 18.0. The van der Waals surface area contributed by atoms with Gasteiger partial charge in [0.25, 0.3) is 10.0 Å². The number of aryl methyl sites for hydroxylation is 2. The number of anilines is 1. The van der Waals surface area contributed by atoms with E-state index in [4.69, 9.17) is 0 Å². The summed E-state index contributed by atoms with van der Waals surface area (Å²) in [5.74, 6) is -1.56. The number of hydrogen-bond acceptors (Lipinski definition) is 4. The summed E-state index contributed by atoms with van der Waals surface area (Å²) in [5.41, 5.74) is 2.18. The minimum atomic E-state index is -4.16. The van der Waals surface area contributed by atoms with Gasteiger partial charge in [-0.3, -0.25) is 13.9 Å². The summed E-state index contributed by atoms with van der Waals surface area (Å²) < 4.78 is 43.4. The molecule has 0 bridgehead atoms. The Morgan fingerprint density at radius 3 is 2.21 bits per heavy atom. The minimum Gasteiger partial charge on any atom is -0.352 e. The number of nitrogens with zero attached hydrogens (tertiary/aromatic N) is 2. The highest BCUT2D eigenvalue weighted by molar-refractivity contribution is 7.92. The molecular formula is C30H36FN3O4S. The van der Waals surface area contributed by atoms with Crippen LogP contribution in [-0.4, -0.2) is 43.8 Å². The zero-order valence-corrected chi connectivity index (χ0v) is 23.8. The molecule has 0 radical (unpaired) electrons. The second kappa shape index (κ2) is 12.9. The smallest absolute Gasteiger partial charge is 0.264 e. The van der Waals surface area contributed by atoms with Crippen LogP contribution in [0, 0.1) is 19.7 Å². The Morgan fingerprint density at radius 1 is 0.949 bits per heavy atom. The Labute approximate surface area is 230 Å². The maximum atomic E-state index is 14.6. The van der Waals surface area contributed by atoms with Crippen molar-refractivity contribution in [3.05, 3.63) is 95.3 Å². The topological polar surface area (TPSA) is 86.8 Å². The second-order valence-corrected chi connectivity index (χ2v) is 11.6. The van der Waals surface area contributed by atoms with E-state index in [1.54, 1.807) is 56.3 Å². The molecule has 39 heavy (non-hydrogen) atoms. The molecule has 0 aliphatic carbocycles. The third-order valence-corrected chi connectivity index (χ3v) is 8.47. The summed E-state index contributed by atoms with van der Waals surface area (Å²) >= 11 is 0. The Morgan fingerprint density at radius 2 is 1.59 bits per heavy atom. The first-order chi connectivity index (χ1) is 18.4. The molecule has 0 unspecified atom stereocenters. The van der Waals surface area contributed by atoms with Gasteiger partial charge in [-0.25, -0.2) is 12.8 Å². The fourth-order valence-corrected chi connectivity index (χ4v) is 5.68. The maximum absolute atomic E-state index is 14.6. The molecule has 3 rings (SSSR count). The van der Waals surface area contributed by atoms with E-state index in [1.807, 2.05) is 26.8 Å². The van der Waals surface area contributed by atoms with E-state index in [0.29, 0.717) is 17.7 Å². The molecule has 208 valence electrons. The first kappa shape index (κ1) is 29.8. The molecule has 2 atom stereocenters. The molecule has 0 heterocycles. The van der Waals surface area contributed by atoms with Crippen molar-refractivity contribution in [2.45, 2.75) is 64.6 Å². The van der Waals surface area contributed by atoms with Crippen LogP contribution in [0.3, 0.4) is 0 Å². The van der Waals surface area contributed by atoms with Crippen molar-refractivity contribution in [1.29, 1.82) is 0 Å². The largest absolute Gasteiger partial charge is 0.352 e. The molecule has 0 saturated heterocycles. The van der Waals surface area contributed by atoms with Gasteiger partial charge < -0.3 is 10.2 Å². The van der Waals surface area contributed by atoms with Gasteiger partial charge in [-0.1, -0.05) is 61.0 Å². The molecule has 0 spiro atoms. The summed E-state index contributed by atoms with van der Waals surface area (Å²) in [4.78, 5) is 28.2. The van der Waals surface area contributed by atoms with Crippen molar-refractivity contribution in [3.63, 3.8) is 0 Å². The Bertz CT molecular complexity index is 1410. The SMILES string of the molecule is CC[C@@H](C)NC(=O)[C@H](C)N(Cc1ccccc1F)C(=O)CN(c1ccc(C)cc1C)S(=O)(=O)c1ccccc1. The van der Waals surface area contributed by atoms with Gasteiger partial charge in [0, 0.05) is 18.2 Å². The number of rotatable bonds is 11. The number of benzene rings is 3.